The Bertz CT molecular complexity index is 703. The maximum atomic E-state index is 4.05. The first-order chi connectivity index (χ1) is 8.60. The molecule has 0 spiro atoms. The van der Waals surface area contributed by atoms with Gasteiger partial charge in [0.1, 0.15) is 0 Å². The lowest BCUT2D eigenvalue weighted by atomic mass is 9.82. The van der Waals surface area contributed by atoms with E-state index >= 15 is 0 Å². The Balaban J connectivity index is 2.32. The molecule has 0 aliphatic heterocycles. The highest BCUT2D eigenvalue weighted by Gasteiger charge is 2.40. The molecule has 90 valence electrons. The Hall–Kier alpha value is -1.30. The van der Waals surface area contributed by atoms with Gasteiger partial charge in [-0.1, -0.05) is 12.0 Å². The minimum Gasteiger partial charge on any atom is -0.139 e. The minimum atomic E-state index is -0.0421. The molecule has 0 N–H and O–H groups in total. The van der Waals surface area contributed by atoms with Crippen molar-refractivity contribution in [1.82, 2.24) is 0 Å². The molecule has 0 fully saturated rings. The number of hydrogen-bond donors (Lipinski definition) is 0. The molecule has 2 heteroatoms. The highest BCUT2D eigenvalue weighted by molar-refractivity contribution is 7.23. The summed E-state index contributed by atoms with van der Waals surface area (Å²) in [5.74, 6) is 6.16. The number of rotatable bonds is 1. The molecular formula is C16H14S2. The minimum absolute atomic E-state index is 0.0421. The van der Waals surface area contributed by atoms with Gasteiger partial charge >= 0.3 is 0 Å². The second-order valence-electron chi connectivity index (χ2n) is 4.73. The zero-order valence-corrected chi connectivity index (χ0v) is 12.4. The lowest BCUT2D eigenvalue weighted by Crippen LogP contribution is -2.15. The quantitative estimate of drug-likeness (QED) is 0.507. The van der Waals surface area contributed by atoms with Crippen LogP contribution in [0, 0.1) is 18.8 Å². The van der Waals surface area contributed by atoms with Crippen LogP contribution in [0.5, 0.6) is 0 Å². The third kappa shape index (κ3) is 1.38. The Morgan fingerprint density at radius 2 is 1.89 bits per heavy atom. The van der Waals surface area contributed by atoms with Gasteiger partial charge in [-0.15, -0.1) is 35.2 Å². The van der Waals surface area contributed by atoms with Crippen molar-refractivity contribution in [2.24, 2.45) is 0 Å². The molecule has 0 saturated heterocycles. The number of thiophene rings is 2. The number of aryl methyl sites for hydroxylation is 1. The van der Waals surface area contributed by atoms with Gasteiger partial charge in [0.15, 0.2) is 0 Å². The average molecular weight is 270 g/mol. The molecule has 0 bridgehead atoms. The molecule has 1 unspecified atom stereocenters. The first-order valence-electron chi connectivity index (χ1n) is 5.92. The Morgan fingerprint density at radius 1 is 1.22 bits per heavy atom. The lowest BCUT2D eigenvalue weighted by Gasteiger charge is -2.20. The van der Waals surface area contributed by atoms with Gasteiger partial charge in [0.2, 0.25) is 0 Å². The Labute approximate surface area is 116 Å². The van der Waals surface area contributed by atoms with Crippen LogP contribution in [0.25, 0.3) is 9.75 Å². The predicted molar refractivity (Wildman–Crippen MR) is 81.6 cm³/mol. The largest absolute Gasteiger partial charge is 0.139 e. The molecule has 2 heterocycles. The second-order valence-corrected chi connectivity index (χ2v) is 7.04. The molecule has 3 rings (SSSR count). The monoisotopic (exact) mass is 270 g/mol. The van der Waals surface area contributed by atoms with Crippen molar-refractivity contribution in [2.45, 2.75) is 26.2 Å². The maximum absolute atomic E-state index is 4.05. The van der Waals surface area contributed by atoms with Gasteiger partial charge in [-0.2, -0.15) is 0 Å². The van der Waals surface area contributed by atoms with Crippen LogP contribution >= 0.6 is 22.7 Å². The fraction of sp³-hybridized carbons (Fsp3) is 0.250. The van der Waals surface area contributed by atoms with E-state index in [1.807, 2.05) is 29.6 Å². The van der Waals surface area contributed by atoms with Gasteiger partial charge < -0.3 is 0 Å². The topological polar surface area (TPSA) is 0 Å². The number of allylic oxidation sites excluding steroid dienone is 1. The van der Waals surface area contributed by atoms with E-state index in [0.29, 0.717) is 0 Å². The van der Waals surface area contributed by atoms with Gasteiger partial charge in [-0.05, 0) is 44.0 Å². The molecule has 18 heavy (non-hydrogen) atoms. The number of fused-ring (bicyclic) bond motifs is 3. The van der Waals surface area contributed by atoms with Crippen molar-refractivity contribution in [2.75, 3.05) is 0 Å². The van der Waals surface area contributed by atoms with Crippen molar-refractivity contribution in [1.29, 1.82) is 0 Å². The highest BCUT2D eigenvalue weighted by atomic mass is 32.1. The van der Waals surface area contributed by atoms with Gasteiger partial charge in [0.05, 0.1) is 9.75 Å². The van der Waals surface area contributed by atoms with Crippen molar-refractivity contribution < 1.29 is 0 Å². The Kier molecular flexibility index (Phi) is 2.52. The summed E-state index contributed by atoms with van der Waals surface area (Å²) in [6.45, 7) is 10.4. The lowest BCUT2D eigenvalue weighted by molar-refractivity contribution is 0.752. The smallest absolute Gasteiger partial charge is 0.0778 e. The molecule has 0 saturated carbocycles. The first-order valence-corrected chi connectivity index (χ1v) is 7.55. The summed E-state index contributed by atoms with van der Waals surface area (Å²) in [6, 6.07) is 4.54. The summed E-state index contributed by atoms with van der Waals surface area (Å²) < 4.78 is 0. The van der Waals surface area contributed by atoms with E-state index in [0.717, 1.165) is 4.88 Å². The van der Waals surface area contributed by atoms with E-state index in [-0.39, 0.29) is 5.41 Å². The second kappa shape index (κ2) is 3.85. The summed E-state index contributed by atoms with van der Waals surface area (Å²) in [5.41, 5.74) is 2.75. The van der Waals surface area contributed by atoms with Gasteiger partial charge in [0.25, 0.3) is 0 Å². The average Bonchev–Trinajstić information content (AvgIpc) is 2.96. The van der Waals surface area contributed by atoms with E-state index in [1.165, 1.54) is 25.8 Å². The normalized spacial score (nSPS) is 19.9. The van der Waals surface area contributed by atoms with E-state index in [2.05, 4.69) is 50.5 Å². The molecule has 0 aromatic carbocycles. The molecule has 1 aliphatic carbocycles. The van der Waals surface area contributed by atoms with Crippen LogP contribution in [0.2, 0.25) is 0 Å². The molecule has 0 radical (unpaired) electrons. The van der Waals surface area contributed by atoms with Crippen molar-refractivity contribution in [3.05, 3.63) is 45.7 Å². The maximum Gasteiger partial charge on any atom is 0.0778 e. The zero-order chi connectivity index (χ0) is 12.9. The molecule has 1 aliphatic rings. The zero-order valence-electron chi connectivity index (χ0n) is 10.8. The van der Waals surface area contributed by atoms with Gasteiger partial charge in [-0.3, -0.25) is 0 Å². The van der Waals surface area contributed by atoms with Crippen molar-refractivity contribution >= 4 is 22.7 Å². The third-order valence-corrected chi connectivity index (χ3v) is 5.83. The molecule has 0 nitrogen and oxygen atoms in total. The van der Waals surface area contributed by atoms with Gasteiger partial charge in [0, 0.05) is 15.2 Å². The predicted octanol–water partition coefficient (Wildman–Crippen LogP) is 4.96. The van der Waals surface area contributed by atoms with Crippen LogP contribution in [-0.2, 0) is 5.41 Å². The molecule has 1 atom stereocenters. The first kappa shape index (κ1) is 11.8. The summed E-state index contributed by atoms with van der Waals surface area (Å²) in [7, 11) is 0. The SMILES string of the molecule is C=CC1(C)c2cc(C)sc2-c2sc(C#CC)cc21. The van der Waals surface area contributed by atoms with Crippen molar-refractivity contribution in [3.8, 4) is 21.6 Å². The van der Waals surface area contributed by atoms with E-state index in [4.69, 9.17) is 0 Å². The Morgan fingerprint density at radius 3 is 2.56 bits per heavy atom. The fourth-order valence-electron chi connectivity index (χ4n) is 2.56. The van der Waals surface area contributed by atoms with Crippen LogP contribution in [0.1, 0.15) is 34.7 Å². The van der Waals surface area contributed by atoms with Crippen molar-refractivity contribution in [3.63, 3.8) is 0 Å². The molecule has 2 aromatic heterocycles. The van der Waals surface area contributed by atoms with Crippen LogP contribution in [0.15, 0.2) is 24.8 Å². The summed E-state index contributed by atoms with van der Waals surface area (Å²) >= 11 is 3.69. The standard InChI is InChI=1S/C16H14S2/c1-5-7-11-9-13-15(18-11)14-12(8-10(3)17-14)16(13,4)6-2/h6,8-9H,2H2,1,3-4H3. The fourth-order valence-corrected chi connectivity index (χ4v) is 5.03. The molecular weight excluding hydrogens is 256 g/mol. The highest BCUT2D eigenvalue weighted by Crippen LogP contribution is 2.55. The summed E-state index contributed by atoms with van der Waals surface area (Å²) in [4.78, 5) is 5.34. The van der Waals surface area contributed by atoms with Gasteiger partial charge in [-0.25, -0.2) is 0 Å². The van der Waals surface area contributed by atoms with E-state index in [9.17, 15) is 0 Å². The number of hydrogen-bond acceptors (Lipinski definition) is 2. The summed E-state index contributed by atoms with van der Waals surface area (Å²) in [5, 5.41) is 0. The van der Waals surface area contributed by atoms with E-state index < -0.39 is 0 Å². The molecule has 0 amide bonds. The van der Waals surface area contributed by atoms with E-state index in [1.54, 1.807) is 0 Å². The van der Waals surface area contributed by atoms with Crippen LogP contribution in [0.3, 0.4) is 0 Å². The van der Waals surface area contributed by atoms with Crippen LogP contribution in [-0.4, -0.2) is 0 Å². The van der Waals surface area contributed by atoms with Crippen LogP contribution in [0.4, 0.5) is 0 Å². The summed E-state index contributed by atoms with van der Waals surface area (Å²) in [6.07, 6.45) is 2.07. The third-order valence-electron chi connectivity index (χ3n) is 3.57. The van der Waals surface area contributed by atoms with Crippen LogP contribution < -0.4 is 0 Å². The molecule has 2 aromatic rings.